The Hall–Kier alpha value is -2.08. The zero-order valence-corrected chi connectivity index (χ0v) is 14.0. The molecule has 1 aliphatic rings. The zero-order chi connectivity index (χ0) is 16.2. The number of methoxy groups -OCH3 is 1. The third kappa shape index (κ3) is 3.17. The smallest absolute Gasteiger partial charge is 0.227 e. The van der Waals surface area contributed by atoms with Crippen LogP contribution in [0.4, 0.5) is 5.95 Å². The molecule has 23 heavy (non-hydrogen) atoms. The monoisotopic (exact) mass is 316 g/mol. The van der Waals surface area contributed by atoms with E-state index in [1.165, 1.54) is 5.56 Å². The molecule has 0 radical (unpaired) electrons. The van der Waals surface area contributed by atoms with Gasteiger partial charge in [0.2, 0.25) is 5.95 Å². The standard InChI is InChI=1S/C17H24N4O2/c1-4-23-12-16-18-19-17(20(16)2)21-11-5-6-15(21)13-7-9-14(22-3)10-8-13/h7-10,15H,4-6,11-12H2,1-3H3. The van der Waals surface area contributed by atoms with Crippen molar-refractivity contribution < 1.29 is 9.47 Å². The van der Waals surface area contributed by atoms with Crippen molar-refractivity contribution in [3.05, 3.63) is 35.7 Å². The minimum absolute atomic E-state index is 0.337. The summed E-state index contributed by atoms with van der Waals surface area (Å²) in [6.07, 6.45) is 2.28. The number of anilines is 1. The van der Waals surface area contributed by atoms with E-state index >= 15 is 0 Å². The first kappa shape index (κ1) is 15.8. The van der Waals surface area contributed by atoms with Gasteiger partial charge in [0.15, 0.2) is 5.82 Å². The summed E-state index contributed by atoms with van der Waals surface area (Å²) in [6.45, 7) is 4.16. The molecule has 124 valence electrons. The van der Waals surface area contributed by atoms with Crippen LogP contribution in [0.15, 0.2) is 24.3 Å². The number of nitrogens with zero attached hydrogens (tertiary/aromatic N) is 4. The lowest BCUT2D eigenvalue weighted by Gasteiger charge is -2.25. The van der Waals surface area contributed by atoms with Gasteiger partial charge in [-0.25, -0.2) is 0 Å². The van der Waals surface area contributed by atoms with E-state index in [4.69, 9.17) is 9.47 Å². The SMILES string of the molecule is CCOCc1nnc(N2CCCC2c2ccc(OC)cc2)n1C. The highest BCUT2D eigenvalue weighted by atomic mass is 16.5. The van der Waals surface area contributed by atoms with Crippen LogP contribution in [-0.2, 0) is 18.4 Å². The van der Waals surface area contributed by atoms with Gasteiger partial charge in [0, 0.05) is 20.2 Å². The number of hydrogen-bond acceptors (Lipinski definition) is 5. The van der Waals surface area contributed by atoms with Gasteiger partial charge in [-0.1, -0.05) is 12.1 Å². The van der Waals surface area contributed by atoms with Crippen LogP contribution in [0.5, 0.6) is 5.75 Å². The molecule has 0 aliphatic carbocycles. The lowest BCUT2D eigenvalue weighted by Crippen LogP contribution is -2.25. The predicted octanol–water partition coefficient (Wildman–Crippen LogP) is 2.70. The highest BCUT2D eigenvalue weighted by Gasteiger charge is 2.29. The summed E-state index contributed by atoms with van der Waals surface area (Å²) in [5.74, 6) is 2.66. The Bertz CT molecular complexity index is 639. The summed E-state index contributed by atoms with van der Waals surface area (Å²) in [4.78, 5) is 2.34. The Kier molecular flexibility index (Phi) is 4.81. The number of ether oxygens (including phenoxy) is 2. The van der Waals surface area contributed by atoms with Crippen LogP contribution in [0, 0.1) is 0 Å². The van der Waals surface area contributed by atoms with Gasteiger partial charge in [0.05, 0.1) is 13.2 Å². The van der Waals surface area contributed by atoms with Crippen molar-refractivity contribution in [2.24, 2.45) is 7.05 Å². The minimum Gasteiger partial charge on any atom is -0.497 e. The fourth-order valence-electron chi connectivity index (χ4n) is 3.10. The van der Waals surface area contributed by atoms with E-state index in [0.717, 1.165) is 36.9 Å². The molecule has 2 aromatic rings. The third-order valence-corrected chi connectivity index (χ3v) is 4.39. The quantitative estimate of drug-likeness (QED) is 0.820. The summed E-state index contributed by atoms with van der Waals surface area (Å²) in [7, 11) is 3.70. The summed E-state index contributed by atoms with van der Waals surface area (Å²) in [5.41, 5.74) is 1.29. The lowest BCUT2D eigenvalue weighted by atomic mass is 10.0. The van der Waals surface area contributed by atoms with Crippen LogP contribution in [0.1, 0.15) is 37.2 Å². The fraction of sp³-hybridized carbons (Fsp3) is 0.529. The highest BCUT2D eigenvalue weighted by Crippen LogP contribution is 2.35. The Morgan fingerprint density at radius 1 is 1.22 bits per heavy atom. The van der Waals surface area contributed by atoms with Gasteiger partial charge in [-0.2, -0.15) is 0 Å². The number of hydrogen-bond donors (Lipinski definition) is 0. The molecule has 6 nitrogen and oxygen atoms in total. The molecule has 1 aromatic heterocycles. The van der Waals surface area contributed by atoms with Gasteiger partial charge < -0.3 is 14.4 Å². The van der Waals surface area contributed by atoms with E-state index < -0.39 is 0 Å². The number of aromatic nitrogens is 3. The van der Waals surface area contributed by atoms with Crippen LogP contribution < -0.4 is 9.64 Å². The van der Waals surface area contributed by atoms with Crippen LogP contribution in [0.25, 0.3) is 0 Å². The molecule has 1 saturated heterocycles. The first-order valence-electron chi connectivity index (χ1n) is 8.11. The summed E-state index contributed by atoms with van der Waals surface area (Å²) >= 11 is 0. The first-order valence-corrected chi connectivity index (χ1v) is 8.11. The first-order chi connectivity index (χ1) is 11.2. The molecule has 1 aromatic carbocycles. The average Bonchev–Trinajstić information content (AvgIpc) is 3.19. The summed E-state index contributed by atoms with van der Waals surface area (Å²) in [5, 5.41) is 8.67. The maximum Gasteiger partial charge on any atom is 0.227 e. The predicted molar refractivity (Wildman–Crippen MR) is 88.6 cm³/mol. The molecule has 1 aliphatic heterocycles. The van der Waals surface area contributed by atoms with Crippen LogP contribution in [0.2, 0.25) is 0 Å². The van der Waals surface area contributed by atoms with E-state index in [2.05, 4.69) is 27.2 Å². The third-order valence-electron chi connectivity index (χ3n) is 4.39. The second-order valence-electron chi connectivity index (χ2n) is 5.74. The molecule has 0 amide bonds. The van der Waals surface area contributed by atoms with Crippen molar-refractivity contribution in [3.63, 3.8) is 0 Å². The molecule has 0 N–H and O–H groups in total. The van der Waals surface area contributed by atoms with Crippen LogP contribution >= 0.6 is 0 Å². The van der Waals surface area contributed by atoms with Gasteiger partial charge in [-0.05, 0) is 37.5 Å². The van der Waals surface area contributed by atoms with Gasteiger partial charge >= 0.3 is 0 Å². The molecule has 3 rings (SSSR count). The van der Waals surface area contributed by atoms with Gasteiger partial charge in [0.1, 0.15) is 12.4 Å². The van der Waals surface area contributed by atoms with Gasteiger partial charge in [-0.15, -0.1) is 10.2 Å². The molecule has 1 fully saturated rings. The molecule has 2 heterocycles. The summed E-state index contributed by atoms with van der Waals surface area (Å²) < 4.78 is 12.7. The maximum absolute atomic E-state index is 5.46. The normalized spacial score (nSPS) is 17.7. The Morgan fingerprint density at radius 3 is 2.70 bits per heavy atom. The highest BCUT2D eigenvalue weighted by molar-refractivity contribution is 5.40. The molecular weight excluding hydrogens is 292 g/mol. The van der Waals surface area contributed by atoms with Gasteiger partial charge in [0.25, 0.3) is 0 Å². The summed E-state index contributed by atoms with van der Waals surface area (Å²) in [6, 6.07) is 8.65. The fourth-order valence-corrected chi connectivity index (χ4v) is 3.10. The zero-order valence-electron chi connectivity index (χ0n) is 14.0. The van der Waals surface area contributed by atoms with E-state index in [1.54, 1.807) is 7.11 Å². The van der Waals surface area contributed by atoms with E-state index in [-0.39, 0.29) is 0 Å². The number of benzene rings is 1. The van der Waals surface area contributed by atoms with Crippen molar-refractivity contribution in [1.82, 2.24) is 14.8 Å². The topological polar surface area (TPSA) is 52.4 Å². The van der Waals surface area contributed by atoms with Crippen molar-refractivity contribution in [3.8, 4) is 5.75 Å². The Labute approximate surface area is 137 Å². The van der Waals surface area contributed by atoms with Crippen molar-refractivity contribution >= 4 is 5.95 Å². The maximum atomic E-state index is 5.46. The second-order valence-corrected chi connectivity index (χ2v) is 5.74. The van der Waals surface area contributed by atoms with Gasteiger partial charge in [-0.3, -0.25) is 4.57 Å². The Balaban J connectivity index is 1.82. The lowest BCUT2D eigenvalue weighted by molar-refractivity contribution is 0.126. The van der Waals surface area contributed by atoms with E-state index in [1.807, 2.05) is 30.7 Å². The van der Waals surface area contributed by atoms with Crippen LogP contribution in [0.3, 0.4) is 0 Å². The molecule has 6 heteroatoms. The van der Waals surface area contributed by atoms with Crippen molar-refractivity contribution in [2.45, 2.75) is 32.4 Å². The van der Waals surface area contributed by atoms with E-state index in [9.17, 15) is 0 Å². The van der Waals surface area contributed by atoms with Crippen LogP contribution in [-0.4, -0.2) is 35.0 Å². The molecule has 0 saturated carbocycles. The number of rotatable bonds is 6. The van der Waals surface area contributed by atoms with E-state index in [0.29, 0.717) is 19.3 Å². The molecule has 0 spiro atoms. The molecule has 0 bridgehead atoms. The minimum atomic E-state index is 0.337. The molecule has 1 unspecified atom stereocenters. The molecule has 1 atom stereocenters. The molecular formula is C17H24N4O2. The Morgan fingerprint density at radius 2 is 2.00 bits per heavy atom. The van der Waals surface area contributed by atoms with Crippen molar-refractivity contribution in [2.75, 3.05) is 25.2 Å². The van der Waals surface area contributed by atoms with Crippen molar-refractivity contribution in [1.29, 1.82) is 0 Å². The largest absolute Gasteiger partial charge is 0.497 e. The average molecular weight is 316 g/mol. The second kappa shape index (κ2) is 7.00.